The van der Waals surface area contributed by atoms with E-state index < -0.39 is 23.3 Å². The number of amides is 1. The number of esters is 1. The molecule has 0 radical (unpaired) electrons. The molecular weight excluding hydrogens is 432 g/mol. The van der Waals surface area contributed by atoms with Gasteiger partial charge in [-0.05, 0) is 73.3 Å². The Morgan fingerprint density at radius 2 is 1.71 bits per heavy atom. The molecule has 1 unspecified atom stereocenters. The summed E-state index contributed by atoms with van der Waals surface area (Å²) in [5.41, 5.74) is 0.390. The van der Waals surface area contributed by atoms with Crippen molar-refractivity contribution in [2.75, 3.05) is 6.54 Å². The van der Waals surface area contributed by atoms with Crippen LogP contribution in [0.15, 0.2) is 24.3 Å². The van der Waals surface area contributed by atoms with Crippen molar-refractivity contribution < 1.29 is 23.9 Å². The lowest BCUT2D eigenvalue weighted by molar-refractivity contribution is 0.00675. The van der Waals surface area contributed by atoms with Crippen LogP contribution < -0.4 is 5.32 Å². The second kappa shape index (κ2) is 9.43. The Hall–Kier alpha value is -2.83. The fourth-order valence-corrected chi connectivity index (χ4v) is 4.81. The van der Waals surface area contributed by atoms with Gasteiger partial charge in [-0.25, -0.2) is 9.59 Å². The highest BCUT2D eigenvalue weighted by Gasteiger charge is 2.44. The topological polar surface area (TPSA) is 86.6 Å². The maximum absolute atomic E-state index is 13.4. The average molecular weight is 471 g/mol. The fraction of sp³-hybridized carbons (Fsp3) is 0.593. The number of nitrogens with one attached hydrogen (secondary N) is 1. The first-order chi connectivity index (χ1) is 15.8. The minimum absolute atomic E-state index is 0.00281. The molecule has 0 bridgehead atoms. The van der Waals surface area contributed by atoms with E-state index in [4.69, 9.17) is 9.47 Å². The van der Waals surface area contributed by atoms with Crippen molar-refractivity contribution in [3.63, 3.8) is 0 Å². The van der Waals surface area contributed by atoms with Gasteiger partial charge in [0.2, 0.25) is 5.91 Å². The van der Waals surface area contributed by atoms with Crippen molar-refractivity contribution >= 4 is 28.9 Å². The van der Waals surface area contributed by atoms with Crippen LogP contribution >= 0.6 is 0 Å². The largest absolute Gasteiger partial charge is 0.456 e. The van der Waals surface area contributed by atoms with E-state index in [0.29, 0.717) is 31.4 Å². The van der Waals surface area contributed by atoms with Crippen LogP contribution in [0, 0.1) is 0 Å². The van der Waals surface area contributed by atoms with E-state index >= 15 is 0 Å². The predicted octanol–water partition coefficient (Wildman–Crippen LogP) is 5.98. The number of carbonyl (C=O) groups is 3. The Bertz CT molecular complexity index is 1090. The summed E-state index contributed by atoms with van der Waals surface area (Å²) in [5, 5.41) is 3.56. The zero-order valence-electron chi connectivity index (χ0n) is 21.5. The highest BCUT2D eigenvalue weighted by atomic mass is 16.6. The van der Waals surface area contributed by atoms with Crippen LogP contribution in [0.2, 0.25) is 0 Å². The van der Waals surface area contributed by atoms with Gasteiger partial charge in [-0.15, -0.1) is 0 Å². The summed E-state index contributed by atoms with van der Waals surface area (Å²) in [6.07, 6.45) is 2.79. The Morgan fingerprint density at radius 3 is 2.32 bits per heavy atom. The first kappa shape index (κ1) is 25.8. The van der Waals surface area contributed by atoms with E-state index in [1.54, 1.807) is 4.57 Å². The maximum atomic E-state index is 13.4. The Balaban J connectivity index is 1.98. The third kappa shape index (κ3) is 5.45. The van der Waals surface area contributed by atoms with E-state index in [1.807, 2.05) is 65.8 Å². The van der Waals surface area contributed by atoms with Crippen LogP contribution in [-0.4, -0.2) is 40.3 Å². The van der Waals surface area contributed by atoms with Crippen molar-refractivity contribution in [1.29, 1.82) is 0 Å². The molecule has 7 nitrogen and oxygen atoms in total. The molecule has 1 aliphatic heterocycles. The van der Waals surface area contributed by atoms with E-state index in [-0.39, 0.29) is 11.3 Å². The monoisotopic (exact) mass is 470 g/mol. The molecule has 0 spiro atoms. The van der Waals surface area contributed by atoms with Crippen LogP contribution in [0.25, 0.3) is 10.9 Å². The number of aromatic nitrogens is 1. The van der Waals surface area contributed by atoms with E-state index in [1.165, 1.54) is 0 Å². The summed E-state index contributed by atoms with van der Waals surface area (Å²) >= 11 is 0. The van der Waals surface area contributed by atoms with Gasteiger partial charge in [-0.2, -0.15) is 0 Å². The first-order valence-electron chi connectivity index (χ1n) is 12.2. The molecule has 1 aromatic carbocycles. The van der Waals surface area contributed by atoms with Gasteiger partial charge in [0.1, 0.15) is 11.2 Å². The maximum Gasteiger partial charge on any atom is 0.407 e. The lowest BCUT2D eigenvalue weighted by Gasteiger charge is -2.38. The van der Waals surface area contributed by atoms with Gasteiger partial charge in [0, 0.05) is 29.5 Å². The molecule has 7 heteroatoms. The zero-order valence-corrected chi connectivity index (χ0v) is 21.5. The zero-order chi connectivity index (χ0) is 25.3. The van der Waals surface area contributed by atoms with Crippen LogP contribution in [0.5, 0.6) is 0 Å². The quantitative estimate of drug-likeness (QED) is 0.414. The van der Waals surface area contributed by atoms with Gasteiger partial charge >= 0.3 is 12.1 Å². The molecule has 1 aliphatic rings. The standard InChI is InChI=1S/C27H38N2O5/c1-8-27(15-11-17-28-24(32)34-26(5,6)7)16-14-20(30)29-19-13-10-9-12-18(19)21(22(27)29)23(31)33-25(2,3)4/h9-10,12-13H,8,11,14-17H2,1-7H3,(H,28,32). The van der Waals surface area contributed by atoms with Gasteiger partial charge < -0.3 is 14.8 Å². The minimum atomic E-state index is -0.655. The van der Waals surface area contributed by atoms with Crippen molar-refractivity contribution in [3.05, 3.63) is 35.5 Å². The molecule has 0 saturated carbocycles. The number of fused-ring (bicyclic) bond motifs is 3. The van der Waals surface area contributed by atoms with Gasteiger partial charge in [0.15, 0.2) is 0 Å². The summed E-state index contributed by atoms with van der Waals surface area (Å²) in [5.74, 6) is -0.409. The van der Waals surface area contributed by atoms with Crippen molar-refractivity contribution in [3.8, 4) is 0 Å². The average Bonchev–Trinajstić information content (AvgIpc) is 3.07. The Labute approximate surface area is 202 Å². The highest BCUT2D eigenvalue weighted by molar-refractivity contribution is 6.10. The number of nitrogens with zero attached hydrogens (tertiary/aromatic N) is 1. The number of ether oxygens (including phenoxy) is 2. The molecule has 186 valence electrons. The van der Waals surface area contributed by atoms with Crippen molar-refractivity contribution in [1.82, 2.24) is 9.88 Å². The molecule has 1 amide bonds. The second-order valence-electron chi connectivity index (χ2n) is 11.1. The molecule has 0 fully saturated rings. The SMILES string of the molecule is CCC1(CCCNC(=O)OC(C)(C)C)CCC(=O)n2c1c(C(=O)OC(C)(C)C)c1ccccc12. The molecule has 0 aliphatic carbocycles. The molecule has 2 aromatic rings. The van der Waals surface area contributed by atoms with Crippen LogP contribution in [0.3, 0.4) is 0 Å². The van der Waals surface area contributed by atoms with Crippen LogP contribution in [-0.2, 0) is 14.9 Å². The summed E-state index contributed by atoms with van der Waals surface area (Å²) < 4.78 is 12.9. The summed E-state index contributed by atoms with van der Waals surface area (Å²) in [6.45, 7) is 13.6. The Morgan fingerprint density at radius 1 is 1.06 bits per heavy atom. The van der Waals surface area contributed by atoms with Gasteiger partial charge in [-0.3, -0.25) is 9.36 Å². The van der Waals surface area contributed by atoms with Crippen molar-refractivity contribution in [2.24, 2.45) is 0 Å². The summed E-state index contributed by atoms with van der Waals surface area (Å²) in [7, 11) is 0. The van der Waals surface area contributed by atoms with Gasteiger partial charge in [-0.1, -0.05) is 25.1 Å². The molecular formula is C27H38N2O5. The van der Waals surface area contributed by atoms with Crippen LogP contribution in [0.4, 0.5) is 4.79 Å². The number of rotatable bonds is 6. The van der Waals surface area contributed by atoms with Crippen molar-refractivity contribution in [2.45, 2.75) is 97.2 Å². The van der Waals surface area contributed by atoms with Crippen LogP contribution in [0.1, 0.15) is 101 Å². The Kier molecular flexibility index (Phi) is 7.15. The highest BCUT2D eigenvalue weighted by Crippen LogP contribution is 2.46. The third-order valence-electron chi connectivity index (χ3n) is 6.22. The summed E-state index contributed by atoms with van der Waals surface area (Å²) in [4.78, 5) is 38.6. The lowest BCUT2D eigenvalue weighted by atomic mass is 9.71. The molecule has 1 atom stereocenters. The molecule has 34 heavy (non-hydrogen) atoms. The van der Waals surface area contributed by atoms with Gasteiger partial charge in [0.05, 0.1) is 11.1 Å². The van der Waals surface area contributed by atoms with E-state index in [0.717, 1.165) is 29.4 Å². The molecule has 3 rings (SSSR count). The van der Waals surface area contributed by atoms with E-state index in [2.05, 4.69) is 12.2 Å². The number of hydrogen-bond donors (Lipinski definition) is 1. The molecule has 0 saturated heterocycles. The fourth-order valence-electron chi connectivity index (χ4n) is 4.81. The lowest BCUT2D eigenvalue weighted by Crippen LogP contribution is -2.39. The minimum Gasteiger partial charge on any atom is -0.456 e. The van der Waals surface area contributed by atoms with E-state index in [9.17, 15) is 14.4 Å². The third-order valence-corrected chi connectivity index (χ3v) is 6.22. The number of alkyl carbamates (subject to hydrolysis) is 1. The number of carbonyl (C=O) groups excluding carboxylic acids is 3. The first-order valence-corrected chi connectivity index (χ1v) is 12.2. The normalized spacial score (nSPS) is 18.5. The second-order valence-corrected chi connectivity index (χ2v) is 11.1. The number of benzene rings is 1. The van der Waals surface area contributed by atoms with Gasteiger partial charge in [0.25, 0.3) is 0 Å². The predicted molar refractivity (Wildman–Crippen MR) is 132 cm³/mol. The molecule has 2 heterocycles. The summed E-state index contributed by atoms with van der Waals surface area (Å²) in [6, 6.07) is 7.54. The molecule has 1 aromatic heterocycles. The smallest absolute Gasteiger partial charge is 0.407 e. The number of para-hydroxylation sites is 1. The molecule has 1 N–H and O–H groups in total. The number of hydrogen-bond acceptors (Lipinski definition) is 5.